The van der Waals surface area contributed by atoms with E-state index in [4.69, 9.17) is 6.42 Å². The van der Waals surface area contributed by atoms with Gasteiger partial charge in [-0.2, -0.15) is 0 Å². The van der Waals surface area contributed by atoms with E-state index in [0.29, 0.717) is 0 Å². The normalized spacial score (nSPS) is 17.0. The highest BCUT2D eigenvalue weighted by molar-refractivity contribution is 5.16. The minimum absolute atomic E-state index is 0.902. The molecule has 0 aromatic heterocycles. The Morgan fingerprint density at radius 1 is 1.67 bits per heavy atom. The molecule has 0 aromatic carbocycles. The van der Waals surface area contributed by atoms with Crippen LogP contribution in [-0.4, -0.2) is 0 Å². The predicted molar refractivity (Wildman–Crippen MR) is 39.7 cm³/mol. The molecule has 0 saturated carbocycles. The number of hydrogen-bond donors (Lipinski definition) is 0. The van der Waals surface area contributed by atoms with Gasteiger partial charge in [0.1, 0.15) is 0 Å². The van der Waals surface area contributed by atoms with Crippen LogP contribution < -0.4 is 0 Å². The van der Waals surface area contributed by atoms with E-state index in [1.807, 2.05) is 0 Å². The first-order valence-corrected chi connectivity index (χ1v) is 3.38. The maximum atomic E-state index is 5.12. The standard InChI is InChI=1S/C9H11/c1-2-3-6-9-7-4-5-8-9/h1,4,7H,3,5-6,8H2. The summed E-state index contributed by atoms with van der Waals surface area (Å²) in [5, 5.41) is 0. The second kappa shape index (κ2) is 3.35. The van der Waals surface area contributed by atoms with Gasteiger partial charge in [-0.05, 0) is 25.7 Å². The highest BCUT2D eigenvalue weighted by Crippen LogP contribution is 2.20. The summed E-state index contributed by atoms with van der Waals surface area (Å²) in [5.74, 6) is 2.64. The molecule has 1 radical (unpaired) electrons. The predicted octanol–water partition coefficient (Wildman–Crippen LogP) is 2.32. The summed E-state index contributed by atoms with van der Waals surface area (Å²) in [4.78, 5) is 0. The van der Waals surface area contributed by atoms with Gasteiger partial charge in [-0.15, -0.1) is 12.3 Å². The maximum absolute atomic E-state index is 5.12. The van der Waals surface area contributed by atoms with Gasteiger partial charge in [-0.3, -0.25) is 0 Å². The van der Waals surface area contributed by atoms with Crippen LogP contribution in [0.3, 0.4) is 0 Å². The zero-order chi connectivity index (χ0) is 6.53. The summed E-state index contributed by atoms with van der Waals surface area (Å²) in [6, 6.07) is 0. The van der Waals surface area contributed by atoms with Gasteiger partial charge in [0.2, 0.25) is 0 Å². The second-order valence-electron chi connectivity index (χ2n) is 2.30. The molecule has 9 heavy (non-hydrogen) atoms. The minimum atomic E-state index is 0.902. The van der Waals surface area contributed by atoms with E-state index in [2.05, 4.69) is 18.4 Å². The maximum Gasteiger partial charge on any atom is 0.0123 e. The van der Waals surface area contributed by atoms with E-state index in [1.165, 1.54) is 18.4 Å². The molecule has 1 aliphatic rings. The topological polar surface area (TPSA) is 0 Å². The van der Waals surface area contributed by atoms with Crippen molar-refractivity contribution < 1.29 is 0 Å². The lowest BCUT2D eigenvalue weighted by atomic mass is 10.1. The van der Waals surface area contributed by atoms with Gasteiger partial charge >= 0.3 is 0 Å². The molecule has 0 bridgehead atoms. The molecule has 0 saturated heterocycles. The van der Waals surface area contributed by atoms with Crippen molar-refractivity contribution in [1.29, 1.82) is 0 Å². The first kappa shape index (κ1) is 6.42. The molecule has 0 fully saturated rings. The minimum Gasteiger partial charge on any atom is -0.120 e. The molecule has 0 aliphatic heterocycles. The first-order valence-electron chi connectivity index (χ1n) is 3.38. The summed E-state index contributed by atoms with van der Waals surface area (Å²) in [6.07, 6.45) is 14.0. The molecule has 0 spiro atoms. The lowest BCUT2D eigenvalue weighted by Crippen LogP contribution is -1.75. The molecule has 0 amide bonds. The quantitative estimate of drug-likeness (QED) is 0.489. The lowest BCUT2D eigenvalue weighted by Gasteiger charge is -1.93. The van der Waals surface area contributed by atoms with Crippen LogP contribution in [-0.2, 0) is 0 Å². The number of terminal acetylenes is 1. The van der Waals surface area contributed by atoms with Crippen LogP contribution in [0.2, 0.25) is 0 Å². The molecular weight excluding hydrogens is 108 g/mol. The molecule has 1 rings (SSSR count). The van der Waals surface area contributed by atoms with Crippen LogP contribution in [0.4, 0.5) is 0 Å². The van der Waals surface area contributed by atoms with Crippen molar-refractivity contribution in [2.45, 2.75) is 25.7 Å². The molecule has 0 aromatic rings. The van der Waals surface area contributed by atoms with Crippen molar-refractivity contribution in [2.24, 2.45) is 0 Å². The molecule has 47 valence electrons. The Bertz CT molecular complexity index is 146. The van der Waals surface area contributed by atoms with Gasteiger partial charge in [0, 0.05) is 6.42 Å². The van der Waals surface area contributed by atoms with Crippen molar-refractivity contribution >= 4 is 0 Å². The summed E-state index contributed by atoms with van der Waals surface area (Å²) >= 11 is 0. The fourth-order valence-electron chi connectivity index (χ4n) is 1.04. The van der Waals surface area contributed by atoms with Crippen molar-refractivity contribution in [3.8, 4) is 12.3 Å². The van der Waals surface area contributed by atoms with Gasteiger partial charge in [0.05, 0.1) is 0 Å². The van der Waals surface area contributed by atoms with Crippen molar-refractivity contribution in [2.75, 3.05) is 0 Å². The third kappa shape index (κ3) is 1.93. The van der Waals surface area contributed by atoms with Gasteiger partial charge in [0.15, 0.2) is 0 Å². The fourth-order valence-corrected chi connectivity index (χ4v) is 1.04. The Morgan fingerprint density at radius 2 is 2.56 bits per heavy atom. The summed E-state index contributed by atoms with van der Waals surface area (Å²) in [6.45, 7) is 0. The Labute approximate surface area is 57.0 Å². The van der Waals surface area contributed by atoms with Crippen LogP contribution in [0.15, 0.2) is 11.6 Å². The highest BCUT2D eigenvalue weighted by Gasteiger charge is 2.01. The average Bonchev–Trinajstić information content (AvgIpc) is 2.34. The molecule has 0 nitrogen and oxygen atoms in total. The van der Waals surface area contributed by atoms with Gasteiger partial charge in [0.25, 0.3) is 0 Å². The third-order valence-corrected chi connectivity index (χ3v) is 1.58. The van der Waals surface area contributed by atoms with E-state index in [9.17, 15) is 0 Å². The Hall–Kier alpha value is -0.700. The molecular formula is C9H11. The van der Waals surface area contributed by atoms with Crippen LogP contribution >= 0.6 is 0 Å². The lowest BCUT2D eigenvalue weighted by molar-refractivity contribution is 0.903. The largest absolute Gasteiger partial charge is 0.120 e. The molecule has 0 N–H and O–H groups in total. The molecule has 0 unspecified atom stereocenters. The van der Waals surface area contributed by atoms with Gasteiger partial charge < -0.3 is 0 Å². The SMILES string of the molecule is C#CCCC1=C[CH]CC1. The van der Waals surface area contributed by atoms with E-state index in [1.54, 1.807) is 0 Å². The van der Waals surface area contributed by atoms with Gasteiger partial charge in [-0.1, -0.05) is 11.6 Å². The van der Waals surface area contributed by atoms with Crippen LogP contribution in [0.25, 0.3) is 0 Å². The Balaban J connectivity index is 2.20. The molecule has 0 atom stereocenters. The van der Waals surface area contributed by atoms with E-state index in [0.717, 1.165) is 12.8 Å². The zero-order valence-corrected chi connectivity index (χ0v) is 5.56. The summed E-state index contributed by atoms with van der Waals surface area (Å²) < 4.78 is 0. The fraction of sp³-hybridized carbons (Fsp3) is 0.444. The monoisotopic (exact) mass is 119 g/mol. The van der Waals surface area contributed by atoms with Crippen molar-refractivity contribution in [3.05, 3.63) is 18.1 Å². The highest BCUT2D eigenvalue weighted by atomic mass is 14.1. The number of rotatable bonds is 2. The second-order valence-corrected chi connectivity index (χ2v) is 2.30. The Kier molecular flexibility index (Phi) is 2.39. The Morgan fingerprint density at radius 3 is 3.11 bits per heavy atom. The average molecular weight is 119 g/mol. The molecule has 1 aliphatic carbocycles. The molecule has 0 heteroatoms. The van der Waals surface area contributed by atoms with E-state index < -0.39 is 0 Å². The van der Waals surface area contributed by atoms with Crippen LogP contribution in [0.1, 0.15) is 25.7 Å². The third-order valence-electron chi connectivity index (χ3n) is 1.58. The summed E-state index contributed by atoms with van der Waals surface area (Å²) in [7, 11) is 0. The van der Waals surface area contributed by atoms with E-state index in [-0.39, 0.29) is 0 Å². The van der Waals surface area contributed by atoms with Crippen molar-refractivity contribution in [3.63, 3.8) is 0 Å². The zero-order valence-electron chi connectivity index (χ0n) is 5.56. The first-order chi connectivity index (χ1) is 4.43. The smallest absolute Gasteiger partial charge is 0.0123 e. The number of hydrogen-bond acceptors (Lipinski definition) is 0. The van der Waals surface area contributed by atoms with Crippen LogP contribution in [0, 0.1) is 18.8 Å². The van der Waals surface area contributed by atoms with Crippen molar-refractivity contribution in [1.82, 2.24) is 0 Å². The summed E-state index contributed by atoms with van der Waals surface area (Å²) in [5.41, 5.74) is 1.52. The van der Waals surface area contributed by atoms with E-state index >= 15 is 0 Å². The van der Waals surface area contributed by atoms with Gasteiger partial charge in [-0.25, -0.2) is 0 Å². The molecule has 0 heterocycles. The number of allylic oxidation sites excluding steroid dienone is 2. The van der Waals surface area contributed by atoms with Crippen LogP contribution in [0.5, 0.6) is 0 Å².